The van der Waals surface area contributed by atoms with Crippen molar-refractivity contribution in [1.29, 1.82) is 0 Å². The number of carbonyl (C=O) groups is 2. The highest BCUT2D eigenvalue weighted by Gasteiger charge is 2.35. The number of piperidine rings is 1. The van der Waals surface area contributed by atoms with Crippen molar-refractivity contribution in [3.63, 3.8) is 0 Å². The van der Waals surface area contributed by atoms with Gasteiger partial charge in [0, 0.05) is 48.7 Å². The van der Waals surface area contributed by atoms with Crippen LogP contribution in [0.2, 0.25) is 0 Å². The number of hydrogen-bond donors (Lipinski definition) is 0. The second-order valence-electron chi connectivity index (χ2n) is 8.91. The Morgan fingerprint density at radius 2 is 1.81 bits per heavy atom. The van der Waals surface area contributed by atoms with Crippen LogP contribution in [0.4, 0.5) is 0 Å². The quantitative estimate of drug-likeness (QED) is 0.609. The summed E-state index contributed by atoms with van der Waals surface area (Å²) in [5.74, 6) is 1.24. The number of Topliss-reactive ketones (excluding diaryl/α,β-unsaturated/α-hetero) is 1. The van der Waals surface area contributed by atoms with E-state index in [-0.39, 0.29) is 17.8 Å². The van der Waals surface area contributed by atoms with E-state index in [0.29, 0.717) is 36.7 Å². The van der Waals surface area contributed by atoms with Gasteiger partial charge in [-0.1, -0.05) is 12.1 Å². The van der Waals surface area contributed by atoms with Crippen molar-refractivity contribution >= 4 is 22.6 Å². The lowest BCUT2D eigenvalue weighted by Gasteiger charge is -2.37. The van der Waals surface area contributed by atoms with Crippen LogP contribution in [-0.4, -0.2) is 40.4 Å². The van der Waals surface area contributed by atoms with Crippen LogP contribution in [0.1, 0.15) is 51.2 Å². The van der Waals surface area contributed by atoms with Gasteiger partial charge in [-0.25, -0.2) is 0 Å². The maximum absolute atomic E-state index is 13.2. The van der Waals surface area contributed by atoms with Gasteiger partial charge in [-0.2, -0.15) is 0 Å². The molecule has 31 heavy (non-hydrogen) atoms. The van der Waals surface area contributed by atoms with Crippen molar-refractivity contribution in [1.82, 2.24) is 9.47 Å². The Bertz CT molecular complexity index is 1180. The summed E-state index contributed by atoms with van der Waals surface area (Å²) in [4.78, 5) is 27.6. The SMILES string of the molecule is Cc1c(C)n(C)c2ccc(C(=O)N3CCC(C4CC(=O)c5ccccc5O4)CC3)cc12. The third-order valence-electron chi connectivity index (χ3n) is 7.26. The van der Waals surface area contributed by atoms with Crippen molar-refractivity contribution in [3.8, 4) is 5.75 Å². The first-order valence-electron chi connectivity index (χ1n) is 11.1. The predicted molar refractivity (Wildman–Crippen MR) is 121 cm³/mol. The summed E-state index contributed by atoms with van der Waals surface area (Å²) < 4.78 is 8.35. The van der Waals surface area contributed by atoms with Crippen molar-refractivity contribution < 1.29 is 14.3 Å². The zero-order valence-corrected chi connectivity index (χ0v) is 18.4. The molecule has 1 unspecified atom stereocenters. The van der Waals surface area contributed by atoms with Crippen LogP contribution in [-0.2, 0) is 7.05 Å². The number of carbonyl (C=O) groups excluding carboxylic acids is 2. The molecular weight excluding hydrogens is 388 g/mol. The molecule has 3 heterocycles. The average molecular weight is 417 g/mol. The highest BCUT2D eigenvalue weighted by atomic mass is 16.5. The first-order valence-corrected chi connectivity index (χ1v) is 11.1. The van der Waals surface area contributed by atoms with Gasteiger partial charge < -0.3 is 14.2 Å². The molecule has 2 aliphatic heterocycles. The Balaban J connectivity index is 1.28. The molecule has 5 nitrogen and oxygen atoms in total. The van der Waals surface area contributed by atoms with Gasteiger partial charge in [0.2, 0.25) is 0 Å². The Hall–Kier alpha value is -3.08. The monoisotopic (exact) mass is 416 g/mol. The zero-order valence-electron chi connectivity index (χ0n) is 18.4. The number of fused-ring (bicyclic) bond motifs is 2. The standard InChI is InChI=1S/C26H28N2O3/c1-16-17(2)27(3)22-9-8-19(14-21(16)22)26(30)28-12-10-18(11-13-28)25-15-23(29)20-6-4-5-7-24(20)31-25/h4-9,14,18,25H,10-13,15H2,1-3H3. The molecule has 0 aliphatic carbocycles. The second-order valence-corrected chi connectivity index (χ2v) is 8.91. The van der Waals surface area contributed by atoms with E-state index < -0.39 is 0 Å². The summed E-state index contributed by atoms with van der Waals surface area (Å²) in [5, 5.41) is 1.15. The van der Waals surface area contributed by atoms with Crippen LogP contribution in [0, 0.1) is 19.8 Å². The maximum atomic E-state index is 13.2. The number of likely N-dealkylation sites (tertiary alicyclic amines) is 1. The molecule has 2 aromatic carbocycles. The lowest BCUT2D eigenvalue weighted by Crippen LogP contribution is -2.44. The van der Waals surface area contributed by atoms with E-state index in [1.54, 1.807) is 0 Å². The summed E-state index contributed by atoms with van der Waals surface area (Å²) in [7, 11) is 2.06. The average Bonchev–Trinajstić information content (AvgIpc) is 3.02. The smallest absolute Gasteiger partial charge is 0.253 e. The van der Waals surface area contributed by atoms with Gasteiger partial charge in [0.05, 0.1) is 5.56 Å². The molecule has 1 fully saturated rings. The van der Waals surface area contributed by atoms with E-state index in [1.807, 2.05) is 47.4 Å². The number of benzene rings is 2. The molecule has 0 saturated carbocycles. The third kappa shape index (κ3) is 3.32. The van der Waals surface area contributed by atoms with E-state index in [4.69, 9.17) is 4.74 Å². The fraction of sp³-hybridized carbons (Fsp3) is 0.385. The second kappa shape index (κ2) is 7.56. The largest absolute Gasteiger partial charge is 0.489 e. The van der Waals surface area contributed by atoms with Gasteiger partial charge in [-0.05, 0) is 68.5 Å². The molecule has 3 aromatic rings. The highest BCUT2D eigenvalue weighted by molar-refractivity contribution is 6.00. The van der Waals surface area contributed by atoms with E-state index in [2.05, 4.69) is 25.5 Å². The summed E-state index contributed by atoms with van der Waals surface area (Å²) in [6.45, 7) is 5.62. The summed E-state index contributed by atoms with van der Waals surface area (Å²) in [6.07, 6.45) is 2.06. The highest BCUT2D eigenvalue weighted by Crippen LogP contribution is 2.34. The van der Waals surface area contributed by atoms with E-state index in [1.165, 1.54) is 11.3 Å². The van der Waals surface area contributed by atoms with Crippen molar-refractivity contribution in [3.05, 3.63) is 64.8 Å². The molecule has 5 rings (SSSR count). The number of rotatable bonds is 2. The Morgan fingerprint density at radius 1 is 1.06 bits per heavy atom. The molecule has 2 aliphatic rings. The summed E-state index contributed by atoms with van der Waals surface area (Å²) in [6, 6.07) is 13.5. The van der Waals surface area contributed by atoms with Gasteiger partial charge in [0.15, 0.2) is 5.78 Å². The molecule has 1 saturated heterocycles. The zero-order chi connectivity index (χ0) is 21.7. The lowest BCUT2D eigenvalue weighted by atomic mass is 9.86. The van der Waals surface area contributed by atoms with Gasteiger partial charge in [-0.15, -0.1) is 0 Å². The minimum absolute atomic E-state index is 0.0900. The van der Waals surface area contributed by atoms with E-state index in [9.17, 15) is 9.59 Å². The van der Waals surface area contributed by atoms with Crippen molar-refractivity contribution in [2.45, 2.75) is 39.2 Å². The molecule has 0 bridgehead atoms. The third-order valence-corrected chi connectivity index (χ3v) is 7.26. The fourth-order valence-corrected chi connectivity index (χ4v) is 5.11. The normalized spacial score (nSPS) is 19.4. The molecule has 5 heteroatoms. The maximum Gasteiger partial charge on any atom is 0.253 e. The molecule has 0 N–H and O–H groups in total. The number of ketones is 1. The van der Waals surface area contributed by atoms with Crippen molar-refractivity contribution in [2.24, 2.45) is 13.0 Å². The number of ether oxygens (including phenoxy) is 1. The number of hydrogen-bond acceptors (Lipinski definition) is 3. The van der Waals surface area contributed by atoms with Crippen LogP contribution in [0.25, 0.3) is 10.9 Å². The Kier molecular flexibility index (Phi) is 4.84. The van der Waals surface area contributed by atoms with Crippen LogP contribution in [0.3, 0.4) is 0 Å². The number of nitrogens with zero attached hydrogens (tertiary/aromatic N) is 2. The van der Waals surface area contributed by atoms with Gasteiger partial charge in [0.25, 0.3) is 5.91 Å². The first-order chi connectivity index (χ1) is 14.9. The minimum Gasteiger partial charge on any atom is -0.489 e. The lowest BCUT2D eigenvalue weighted by molar-refractivity contribution is 0.0452. The summed E-state index contributed by atoms with van der Waals surface area (Å²) >= 11 is 0. The number of amides is 1. The van der Waals surface area contributed by atoms with Gasteiger partial charge in [-0.3, -0.25) is 9.59 Å². The molecule has 0 radical (unpaired) electrons. The van der Waals surface area contributed by atoms with Crippen molar-refractivity contribution in [2.75, 3.05) is 13.1 Å². The molecule has 0 spiro atoms. The number of aryl methyl sites for hydroxylation is 2. The van der Waals surface area contributed by atoms with Crippen LogP contribution < -0.4 is 4.74 Å². The van der Waals surface area contributed by atoms with E-state index >= 15 is 0 Å². The predicted octanol–water partition coefficient (Wildman–Crippen LogP) is 4.68. The molecule has 160 valence electrons. The fourth-order valence-electron chi connectivity index (χ4n) is 5.11. The minimum atomic E-state index is -0.0917. The number of para-hydroxylation sites is 1. The van der Waals surface area contributed by atoms with Crippen LogP contribution >= 0.6 is 0 Å². The topological polar surface area (TPSA) is 51.5 Å². The van der Waals surface area contributed by atoms with Gasteiger partial charge in [0.1, 0.15) is 11.9 Å². The summed E-state index contributed by atoms with van der Waals surface area (Å²) in [5.41, 5.74) is 5.05. The van der Waals surface area contributed by atoms with E-state index in [0.717, 1.165) is 29.3 Å². The molecule has 1 aromatic heterocycles. The van der Waals surface area contributed by atoms with Crippen LogP contribution in [0.5, 0.6) is 5.75 Å². The molecular formula is C26H28N2O3. The molecule has 1 amide bonds. The van der Waals surface area contributed by atoms with Gasteiger partial charge >= 0.3 is 0 Å². The molecule has 1 atom stereocenters. The Labute approximate surface area is 182 Å². The Morgan fingerprint density at radius 3 is 2.58 bits per heavy atom. The first kappa shape index (κ1) is 19.9. The number of aromatic nitrogens is 1. The van der Waals surface area contributed by atoms with Crippen LogP contribution in [0.15, 0.2) is 42.5 Å².